The fourth-order valence-electron chi connectivity index (χ4n) is 5.79. The van der Waals surface area contributed by atoms with Gasteiger partial charge in [0.2, 0.25) is 0 Å². The highest BCUT2D eigenvalue weighted by Gasteiger charge is 2.26. The molecular weight excluding hydrogens is 528 g/mol. The molecule has 0 amide bonds. The molecule has 0 radical (unpaired) electrons. The first-order valence-corrected chi connectivity index (χ1v) is 15.7. The summed E-state index contributed by atoms with van der Waals surface area (Å²) in [6.07, 6.45) is 14.9. The Morgan fingerprint density at radius 1 is 0.881 bits per heavy atom. The van der Waals surface area contributed by atoms with Crippen LogP contribution < -0.4 is 4.74 Å². The van der Waals surface area contributed by atoms with Crippen LogP contribution in [0.2, 0.25) is 0 Å². The van der Waals surface area contributed by atoms with Crippen LogP contribution >= 0.6 is 0 Å². The molecule has 1 fully saturated rings. The van der Waals surface area contributed by atoms with Gasteiger partial charge in [-0.05, 0) is 82.2 Å². The lowest BCUT2D eigenvalue weighted by molar-refractivity contribution is -0.137. The van der Waals surface area contributed by atoms with Crippen molar-refractivity contribution in [2.75, 3.05) is 6.61 Å². The van der Waals surface area contributed by atoms with Crippen molar-refractivity contribution >= 4 is 22.8 Å². The summed E-state index contributed by atoms with van der Waals surface area (Å²) in [5, 5.41) is 9.65. The quantitative estimate of drug-likeness (QED) is 0.143. The zero-order valence-corrected chi connectivity index (χ0v) is 25.5. The van der Waals surface area contributed by atoms with Gasteiger partial charge in [-0.15, -0.1) is 0 Å². The second-order valence-corrected chi connectivity index (χ2v) is 12.5. The normalized spacial score (nSPS) is 13.9. The smallest absolute Gasteiger partial charge is 0.338 e. The number of aromatic nitrogens is 2. The summed E-state index contributed by atoms with van der Waals surface area (Å²) in [6, 6.07) is 12.0. The van der Waals surface area contributed by atoms with E-state index in [-0.39, 0.29) is 12.4 Å². The van der Waals surface area contributed by atoms with E-state index >= 15 is 0 Å². The van der Waals surface area contributed by atoms with Crippen LogP contribution in [0.15, 0.2) is 42.7 Å². The van der Waals surface area contributed by atoms with E-state index < -0.39 is 11.6 Å². The Balaban J connectivity index is 1.37. The molecule has 42 heavy (non-hydrogen) atoms. The fraction of sp³-hybridized carbons (Fsp3) is 0.543. The van der Waals surface area contributed by atoms with Crippen LogP contribution in [0.3, 0.4) is 0 Å². The van der Waals surface area contributed by atoms with Gasteiger partial charge in [0.05, 0.1) is 23.4 Å². The summed E-state index contributed by atoms with van der Waals surface area (Å²) in [5.41, 5.74) is 3.84. The first-order chi connectivity index (χ1) is 20.2. The maximum atomic E-state index is 13.1. The zero-order chi connectivity index (χ0) is 30.0. The molecule has 226 valence electrons. The van der Waals surface area contributed by atoms with Crippen LogP contribution in [-0.2, 0) is 9.53 Å². The largest absolute Gasteiger partial charge is 0.494 e. The topological polar surface area (TPSA) is 98.6 Å². The number of benzene rings is 2. The number of carboxylic acids is 1. The van der Waals surface area contributed by atoms with Gasteiger partial charge in [-0.3, -0.25) is 4.79 Å². The van der Waals surface area contributed by atoms with Gasteiger partial charge in [0.1, 0.15) is 17.7 Å². The van der Waals surface area contributed by atoms with Gasteiger partial charge in [0.15, 0.2) is 0 Å². The lowest BCUT2D eigenvalue weighted by Crippen LogP contribution is -2.24. The third-order valence-corrected chi connectivity index (χ3v) is 7.90. The number of esters is 1. The lowest BCUT2D eigenvalue weighted by Gasteiger charge is -2.22. The van der Waals surface area contributed by atoms with E-state index in [0.29, 0.717) is 18.1 Å². The highest BCUT2D eigenvalue weighted by Crippen LogP contribution is 2.39. The van der Waals surface area contributed by atoms with Crippen LogP contribution in [0.25, 0.3) is 22.2 Å². The molecule has 1 saturated carbocycles. The number of ether oxygens (including phenoxy) is 2. The third kappa shape index (κ3) is 9.27. The minimum absolute atomic E-state index is 0.265. The maximum absolute atomic E-state index is 13.1. The van der Waals surface area contributed by atoms with Gasteiger partial charge >= 0.3 is 11.9 Å². The molecule has 7 heteroatoms. The molecule has 1 N–H and O–H groups in total. The van der Waals surface area contributed by atoms with Gasteiger partial charge in [0, 0.05) is 23.4 Å². The van der Waals surface area contributed by atoms with Crippen LogP contribution in [-0.4, -0.2) is 39.2 Å². The van der Waals surface area contributed by atoms with E-state index in [1.807, 2.05) is 51.1 Å². The summed E-state index contributed by atoms with van der Waals surface area (Å²) in [7, 11) is 0. The molecule has 1 heterocycles. The first kappa shape index (κ1) is 31.5. The number of carbonyl (C=O) groups is 2. The Morgan fingerprint density at radius 2 is 1.57 bits per heavy atom. The average Bonchev–Trinajstić information content (AvgIpc) is 3.49. The Hall–Kier alpha value is -3.48. The number of hydrogen-bond donors (Lipinski definition) is 1. The molecule has 0 spiro atoms. The molecule has 1 aliphatic carbocycles. The number of fused-ring (bicyclic) bond motifs is 1. The number of aliphatic carboxylic acids is 1. The van der Waals surface area contributed by atoms with Gasteiger partial charge in [-0.1, -0.05) is 57.4 Å². The zero-order valence-electron chi connectivity index (χ0n) is 25.5. The summed E-state index contributed by atoms with van der Waals surface area (Å²) >= 11 is 0. The number of rotatable bonds is 15. The molecule has 2 aromatic carbocycles. The highest BCUT2D eigenvalue weighted by atomic mass is 16.6. The molecule has 3 aromatic rings. The lowest BCUT2D eigenvalue weighted by atomic mass is 9.90. The molecule has 1 aromatic heterocycles. The minimum atomic E-state index is -0.700. The van der Waals surface area contributed by atoms with Gasteiger partial charge in [-0.2, -0.15) is 0 Å². The first-order valence-electron chi connectivity index (χ1n) is 15.7. The molecule has 0 unspecified atom stereocenters. The Labute approximate surface area is 250 Å². The predicted octanol–water partition coefficient (Wildman–Crippen LogP) is 8.88. The van der Waals surface area contributed by atoms with E-state index in [9.17, 15) is 9.59 Å². The van der Waals surface area contributed by atoms with Crippen molar-refractivity contribution in [2.45, 2.75) is 116 Å². The second kappa shape index (κ2) is 15.1. The fourth-order valence-corrected chi connectivity index (χ4v) is 5.79. The summed E-state index contributed by atoms with van der Waals surface area (Å²) in [4.78, 5) is 32.8. The van der Waals surface area contributed by atoms with Crippen molar-refractivity contribution in [3.05, 3.63) is 53.9 Å². The van der Waals surface area contributed by atoms with Gasteiger partial charge in [-0.25, -0.2) is 14.8 Å². The van der Waals surface area contributed by atoms with E-state index in [2.05, 4.69) is 16.0 Å². The highest BCUT2D eigenvalue weighted by molar-refractivity contribution is 5.95. The average molecular weight is 575 g/mol. The van der Waals surface area contributed by atoms with Crippen LogP contribution in [0, 0.1) is 0 Å². The number of hydrogen-bond acceptors (Lipinski definition) is 6. The standard InChI is InChI=1S/C35H46N2O5/c1-35(2,3)42-34(40)28-19-17-26(22-30(28)25-14-11-12-15-25)33-29-20-18-27(23-31(29)36-24-37-33)41-21-13-9-7-5-4-6-8-10-16-32(38)39/h17-20,22-25H,4-16,21H2,1-3H3,(H,38,39). The summed E-state index contributed by atoms with van der Waals surface area (Å²) in [5.74, 6) is 0.189. The molecule has 0 saturated heterocycles. The molecular formula is C35H46N2O5. The van der Waals surface area contributed by atoms with Crippen molar-refractivity contribution in [3.63, 3.8) is 0 Å². The second-order valence-electron chi connectivity index (χ2n) is 12.5. The van der Waals surface area contributed by atoms with Crippen LogP contribution in [0.4, 0.5) is 0 Å². The maximum Gasteiger partial charge on any atom is 0.338 e. The van der Waals surface area contributed by atoms with Crippen molar-refractivity contribution in [1.82, 2.24) is 9.97 Å². The molecule has 1 aliphatic rings. The van der Waals surface area contributed by atoms with Crippen molar-refractivity contribution in [2.24, 2.45) is 0 Å². The molecule has 0 bridgehead atoms. The summed E-state index contributed by atoms with van der Waals surface area (Å²) in [6.45, 7) is 6.37. The SMILES string of the molecule is CC(C)(C)OC(=O)c1ccc(-c2ncnc3cc(OCCCCCCCCCCC(=O)O)ccc23)cc1C1CCCC1. The van der Waals surface area contributed by atoms with E-state index in [1.54, 1.807) is 6.33 Å². The number of carbonyl (C=O) groups excluding carboxylic acids is 1. The summed E-state index contributed by atoms with van der Waals surface area (Å²) < 4.78 is 11.8. The Morgan fingerprint density at radius 3 is 2.26 bits per heavy atom. The monoisotopic (exact) mass is 574 g/mol. The van der Waals surface area contributed by atoms with Crippen LogP contribution in [0.1, 0.15) is 126 Å². The predicted molar refractivity (Wildman–Crippen MR) is 166 cm³/mol. The van der Waals surface area contributed by atoms with Gasteiger partial charge < -0.3 is 14.6 Å². The van der Waals surface area contributed by atoms with E-state index in [0.717, 1.165) is 78.4 Å². The van der Waals surface area contributed by atoms with Crippen molar-refractivity contribution < 1.29 is 24.2 Å². The van der Waals surface area contributed by atoms with Crippen molar-refractivity contribution in [1.29, 1.82) is 0 Å². The van der Waals surface area contributed by atoms with Crippen molar-refractivity contribution in [3.8, 4) is 17.0 Å². The Kier molecular flexibility index (Phi) is 11.3. The Bertz CT molecular complexity index is 1340. The molecule has 0 atom stereocenters. The van der Waals surface area contributed by atoms with Gasteiger partial charge in [0.25, 0.3) is 0 Å². The number of carboxylic acid groups (broad SMARTS) is 1. The molecule has 4 rings (SSSR count). The number of nitrogens with zero attached hydrogens (tertiary/aromatic N) is 2. The third-order valence-electron chi connectivity index (χ3n) is 7.90. The minimum Gasteiger partial charge on any atom is -0.494 e. The van der Waals surface area contributed by atoms with E-state index in [4.69, 9.17) is 14.6 Å². The number of unbranched alkanes of at least 4 members (excludes halogenated alkanes) is 7. The molecule has 0 aliphatic heterocycles. The molecule has 7 nitrogen and oxygen atoms in total. The van der Waals surface area contributed by atoms with E-state index in [1.165, 1.54) is 32.1 Å². The van der Waals surface area contributed by atoms with Crippen LogP contribution in [0.5, 0.6) is 5.75 Å².